The van der Waals surface area contributed by atoms with Gasteiger partial charge in [0, 0.05) is 37.3 Å². The summed E-state index contributed by atoms with van der Waals surface area (Å²) in [6, 6.07) is 19.3. The van der Waals surface area contributed by atoms with Crippen molar-refractivity contribution < 1.29 is 14.3 Å². The monoisotopic (exact) mass is 459 g/mol. The van der Waals surface area contributed by atoms with Crippen LogP contribution in [0.2, 0.25) is 0 Å². The Morgan fingerprint density at radius 1 is 1.09 bits per heavy atom. The quantitative estimate of drug-likeness (QED) is 0.501. The van der Waals surface area contributed by atoms with E-state index in [9.17, 15) is 9.59 Å². The number of nitrogens with zero attached hydrogens (tertiary/aromatic N) is 3. The minimum Gasteiger partial charge on any atom is -0.492 e. The van der Waals surface area contributed by atoms with E-state index in [0.29, 0.717) is 25.4 Å². The summed E-state index contributed by atoms with van der Waals surface area (Å²) in [6.45, 7) is 3.78. The molecule has 0 aliphatic carbocycles. The smallest absolute Gasteiger partial charge is 0.229 e. The lowest BCUT2D eigenvalue weighted by Gasteiger charge is -2.33. The second-order valence-electron chi connectivity index (χ2n) is 8.26. The molecule has 0 bridgehead atoms. The standard InChI is InChI=1S/C26H29N5O3/c1-19(32)27-13-15-34-23-11-9-22(10-12-23)30-26(33)21-8-5-14-31(17-21)25-16-24(28-18-29-25)20-6-3-2-4-7-20/h2-4,6-7,9-12,16,18,21H,5,8,13-15,17H2,1H3,(H,27,32)(H,30,33). The first-order valence-corrected chi connectivity index (χ1v) is 11.5. The number of ether oxygens (including phenoxy) is 1. The predicted molar refractivity (Wildman–Crippen MR) is 132 cm³/mol. The Kier molecular flexibility index (Phi) is 7.70. The summed E-state index contributed by atoms with van der Waals surface area (Å²) in [5.41, 5.74) is 2.64. The number of anilines is 2. The van der Waals surface area contributed by atoms with Gasteiger partial charge in [-0.1, -0.05) is 30.3 Å². The third-order valence-electron chi connectivity index (χ3n) is 5.70. The Bertz CT molecular complexity index is 1100. The molecule has 1 aliphatic heterocycles. The largest absolute Gasteiger partial charge is 0.492 e. The average molecular weight is 460 g/mol. The second-order valence-corrected chi connectivity index (χ2v) is 8.26. The number of nitrogens with one attached hydrogen (secondary N) is 2. The summed E-state index contributed by atoms with van der Waals surface area (Å²) < 4.78 is 5.59. The van der Waals surface area contributed by atoms with E-state index >= 15 is 0 Å². The lowest BCUT2D eigenvalue weighted by molar-refractivity contribution is -0.120. The molecule has 1 atom stereocenters. The van der Waals surface area contributed by atoms with Crippen molar-refractivity contribution in [2.75, 3.05) is 36.5 Å². The van der Waals surface area contributed by atoms with Gasteiger partial charge in [-0.05, 0) is 37.1 Å². The zero-order chi connectivity index (χ0) is 23.8. The highest BCUT2D eigenvalue weighted by Gasteiger charge is 2.27. The fraction of sp³-hybridized carbons (Fsp3) is 0.308. The van der Waals surface area contributed by atoms with Crippen LogP contribution in [0, 0.1) is 5.92 Å². The Labute approximate surface area is 199 Å². The van der Waals surface area contributed by atoms with E-state index in [1.54, 1.807) is 6.33 Å². The van der Waals surface area contributed by atoms with E-state index in [-0.39, 0.29) is 17.7 Å². The number of hydrogen-bond acceptors (Lipinski definition) is 6. The highest BCUT2D eigenvalue weighted by molar-refractivity contribution is 5.93. The maximum absolute atomic E-state index is 13.0. The lowest BCUT2D eigenvalue weighted by Crippen LogP contribution is -2.41. The molecule has 8 nitrogen and oxygen atoms in total. The van der Waals surface area contributed by atoms with Gasteiger partial charge in [0.25, 0.3) is 0 Å². The minimum atomic E-state index is -0.127. The molecule has 0 saturated carbocycles. The van der Waals surface area contributed by atoms with Crippen LogP contribution >= 0.6 is 0 Å². The first-order valence-electron chi connectivity index (χ1n) is 11.5. The Balaban J connectivity index is 1.33. The minimum absolute atomic E-state index is 0.00126. The van der Waals surface area contributed by atoms with Crippen molar-refractivity contribution in [2.24, 2.45) is 5.92 Å². The van der Waals surface area contributed by atoms with Crippen molar-refractivity contribution >= 4 is 23.3 Å². The van der Waals surface area contributed by atoms with Crippen LogP contribution in [0.1, 0.15) is 19.8 Å². The number of aromatic nitrogens is 2. The van der Waals surface area contributed by atoms with Gasteiger partial charge in [0.1, 0.15) is 24.5 Å². The molecule has 1 aliphatic rings. The SMILES string of the molecule is CC(=O)NCCOc1ccc(NC(=O)C2CCCN(c3cc(-c4ccccc4)ncn3)C2)cc1. The number of benzene rings is 2. The molecular weight excluding hydrogens is 430 g/mol. The predicted octanol–water partition coefficient (Wildman–Crippen LogP) is 3.51. The summed E-state index contributed by atoms with van der Waals surface area (Å²) in [7, 11) is 0. The molecule has 1 aromatic heterocycles. The van der Waals surface area contributed by atoms with Gasteiger partial charge in [0.15, 0.2) is 0 Å². The van der Waals surface area contributed by atoms with Gasteiger partial charge < -0.3 is 20.3 Å². The fourth-order valence-corrected chi connectivity index (χ4v) is 3.96. The van der Waals surface area contributed by atoms with E-state index in [4.69, 9.17) is 4.74 Å². The summed E-state index contributed by atoms with van der Waals surface area (Å²) in [6.07, 6.45) is 3.34. The molecule has 2 N–H and O–H groups in total. The van der Waals surface area contributed by atoms with Crippen LogP contribution in [-0.2, 0) is 9.59 Å². The van der Waals surface area contributed by atoms with E-state index in [1.165, 1.54) is 6.92 Å². The molecule has 1 unspecified atom stereocenters. The van der Waals surface area contributed by atoms with Crippen LogP contribution in [0.4, 0.5) is 11.5 Å². The molecule has 4 rings (SSSR count). The zero-order valence-electron chi connectivity index (χ0n) is 19.2. The van der Waals surface area contributed by atoms with E-state index in [0.717, 1.165) is 42.1 Å². The maximum Gasteiger partial charge on any atom is 0.229 e. The third kappa shape index (κ3) is 6.31. The van der Waals surface area contributed by atoms with Gasteiger partial charge in [0.2, 0.25) is 11.8 Å². The van der Waals surface area contributed by atoms with E-state index in [1.807, 2.05) is 60.7 Å². The molecule has 0 spiro atoms. The number of hydrogen-bond donors (Lipinski definition) is 2. The van der Waals surface area contributed by atoms with Crippen molar-refractivity contribution in [3.8, 4) is 17.0 Å². The van der Waals surface area contributed by atoms with Gasteiger partial charge in [-0.25, -0.2) is 9.97 Å². The van der Waals surface area contributed by atoms with Crippen LogP contribution in [0.5, 0.6) is 5.75 Å². The number of rotatable bonds is 8. The zero-order valence-corrected chi connectivity index (χ0v) is 19.2. The molecule has 2 aromatic carbocycles. The van der Waals surface area contributed by atoms with Crippen molar-refractivity contribution in [2.45, 2.75) is 19.8 Å². The molecule has 2 heterocycles. The molecule has 34 heavy (non-hydrogen) atoms. The van der Waals surface area contributed by atoms with Crippen molar-refractivity contribution in [3.63, 3.8) is 0 Å². The molecule has 0 radical (unpaired) electrons. The highest BCUT2D eigenvalue weighted by Crippen LogP contribution is 2.26. The topological polar surface area (TPSA) is 96.5 Å². The maximum atomic E-state index is 13.0. The van der Waals surface area contributed by atoms with Gasteiger partial charge in [-0.15, -0.1) is 0 Å². The molecule has 176 valence electrons. The van der Waals surface area contributed by atoms with Gasteiger partial charge >= 0.3 is 0 Å². The van der Waals surface area contributed by atoms with Crippen LogP contribution in [0.3, 0.4) is 0 Å². The highest BCUT2D eigenvalue weighted by atomic mass is 16.5. The first kappa shape index (κ1) is 23.2. The van der Waals surface area contributed by atoms with Crippen LogP contribution in [0.25, 0.3) is 11.3 Å². The van der Waals surface area contributed by atoms with E-state index < -0.39 is 0 Å². The third-order valence-corrected chi connectivity index (χ3v) is 5.70. The number of carbonyl (C=O) groups excluding carboxylic acids is 2. The normalized spacial score (nSPS) is 15.4. The van der Waals surface area contributed by atoms with Crippen molar-refractivity contribution in [1.29, 1.82) is 0 Å². The summed E-state index contributed by atoms with van der Waals surface area (Å²) in [5.74, 6) is 1.32. The number of amides is 2. The lowest BCUT2D eigenvalue weighted by atomic mass is 9.97. The molecular formula is C26H29N5O3. The molecule has 3 aromatic rings. The van der Waals surface area contributed by atoms with Gasteiger partial charge in [-0.2, -0.15) is 0 Å². The molecule has 1 saturated heterocycles. The van der Waals surface area contributed by atoms with Gasteiger partial charge in [-0.3, -0.25) is 9.59 Å². The van der Waals surface area contributed by atoms with Crippen molar-refractivity contribution in [3.05, 3.63) is 67.0 Å². The molecule has 2 amide bonds. The van der Waals surface area contributed by atoms with Gasteiger partial charge in [0.05, 0.1) is 18.2 Å². The molecule has 1 fully saturated rings. The summed E-state index contributed by atoms with van der Waals surface area (Å²) >= 11 is 0. The van der Waals surface area contributed by atoms with Crippen LogP contribution in [-0.4, -0.2) is 48.0 Å². The fourth-order valence-electron chi connectivity index (χ4n) is 3.96. The van der Waals surface area contributed by atoms with Crippen LogP contribution in [0.15, 0.2) is 67.0 Å². The first-order chi connectivity index (χ1) is 16.6. The number of carbonyl (C=O) groups is 2. The molecule has 8 heteroatoms. The summed E-state index contributed by atoms with van der Waals surface area (Å²) in [4.78, 5) is 34.9. The second kappa shape index (κ2) is 11.3. The Morgan fingerprint density at radius 2 is 1.88 bits per heavy atom. The Morgan fingerprint density at radius 3 is 2.65 bits per heavy atom. The Hall–Kier alpha value is -3.94. The summed E-state index contributed by atoms with van der Waals surface area (Å²) in [5, 5.41) is 5.70. The number of piperidine rings is 1. The van der Waals surface area contributed by atoms with Crippen molar-refractivity contribution in [1.82, 2.24) is 15.3 Å². The van der Waals surface area contributed by atoms with Crippen LogP contribution < -0.4 is 20.3 Å². The average Bonchev–Trinajstić information content (AvgIpc) is 2.88. The van der Waals surface area contributed by atoms with E-state index in [2.05, 4.69) is 25.5 Å².